The van der Waals surface area contributed by atoms with Crippen molar-refractivity contribution in [2.24, 2.45) is 40.4 Å². The van der Waals surface area contributed by atoms with Gasteiger partial charge in [0.2, 0.25) is 5.91 Å². The second-order valence-electron chi connectivity index (χ2n) is 11.8. The number of hydrogen-bond donors (Lipinski definition) is 1. The Bertz CT molecular complexity index is 803. The van der Waals surface area contributed by atoms with Crippen LogP contribution in [0.4, 0.5) is 0 Å². The van der Waals surface area contributed by atoms with E-state index in [1.807, 2.05) is 12.2 Å². The molecule has 1 N–H and O–H groups in total. The fourth-order valence-corrected chi connectivity index (χ4v) is 8.31. The molecule has 0 heterocycles. The van der Waals surface area contributed by atoms with Gasteiger partial charge in [0.25, 0.3) is 0 Å². The topological polar surface area (TPSA) is 57.6 Å². The molecule has 3 saturated carbocycles. The molecule has 7 atom stereocenters. The highest BCUT2D eigenvalue weighted by Gasteiger charge is 2.60. The number of nitrogens with zero attached hydrogens (tertiary/aromatic N) is 1. The van der Waals surface area contributed by atoms with E-state index in [1.54, 1.807) is 0 Å². The summed E-state index contributed by atoms with van der Waals surface area (Å²) in [5.41, 5.74) is 0.604. The van der Waals surface area contributed by atoms with E-state index in [2.05, 4.69) is 52.5 Å². The minimum atomic E-state index is -0.811. The quantitative estimate of drug-likeness (QED) is 0.627. The van der Waals surface area contributed by atoms with Crippen molar-refractivity contribution in [1.82, 2.24) is 4.90 Å². The van der Waals surface area contributed by atoms with Crippen molar-refractivity contribution in [3.8, 4) is 0 Å². The molecule has 4 aliphatic carbocycles. The Morgan fingerprint density at radius 1 is 1.00 bits per heavy atom. The van der Waals surface area contributed by atoms with Gasteiger partial charge in [0, 0.05) is 18.0 Å². The SMILES string of the molecule is CC(C)N(C(=O)[C@H]1CCC2C3CCC4C=C(C(=O)O)C=C[C@]4(C)C3CC[C@@]21C)C(C)C. The molecule has 4 aliphatic rings. The van der Waals surface area contributed by atoms with Gasteiger partial charge in [-0.25, -0.2) is 4.79 Å². The smallest absolute Gasteiger partial charge is 0.335 e. The van der Waals surface area contributed by atoms with Crippen molar-refractivity contribution in [1.29, 1.82) is 0 Å². The normalized spacial score (nSPS) is 41.4. The zero-order valence-corrected chi connectivity index (χ0v) is 20.2. The summed E-state index contributed by atoms with van der Waals surface area (Å²) in [6.45, 7) is 13.3. The molecular formula is C27H41NO3. The van der Waals surface area contributed by atoms with Gasteiger partial charge in [-0.2, -0.15) is 0 Å². The molecule has 4 unspecified atom stereocenters. The first-order chi connectivity index (χ1) is 14.5. The molecule has 31 heavy (non-hydrogen) atoms. The fraction of sp³-hybridized carbons (Fsp3) is 0.778. The van der Waals surface area contributed by atoms with Crippen molar-refractivity contribution in [2.75, 3.05) is 0 Å². The van der Waals surface area contributed by atoms with Crippen LogP contribution in [-0.4, -0.2) is 34.0 Å². The second kappa shape index (κ2) is 7.78. The average molecular weight is 428 g/mol. The molecule has 0 aromatic rings. The molecular weight excluding hydrogens is 386 g/mol. The summed E-state index contributed by atoms with van der Waals surface area (Å²) in [4.78, 5) is 27.3. The van der Waals surface area contributed by atoms with E-state index in [0.717, 1.165) is 25.7 Å². The van der Waals surface area contributed by atoms with Crippen LogP contribution in [0.5, 0.6) is 0 Å². The zero-order valence-electron chi connectivity index (χ0n) is 20.2. The van der Waals surface area contributed by atoms with Crippen LogP contribution < -0.4 is 0 Å². The predicted octanol–water partition coefficient (Wildman–Crippen LogP) is 5.69. The summed E-state index contributed by atoms with van der Waals surface area (Å²) < 4.78 is 0. The highest BCUT2D eigenvalue weighted by molar-refractivity contribution is 5.90. The van der Waals surface area contributed by atoms with Gasteiger partial charge in [-0.3, -0.25) is 4.79 Å². The van der Waals surface area contributed by atoms with Crippen molar-refractivity contribution in [3.63, 3.8) is 0 Å². The first-order valence-corrected chi connectivity index (χ1v) is 12.5. The third kappa shape index (κ3) is 3.40. The van der Waals surface area contributed by atoms with Crippen LogP contribution >= 0.6 is 0 Å². The number of aliphatic carboxylic acids is 1. The summed E-state index contributed by atoms with van der Waals surface area (Å²) in [5.74, 6) is 1.88. The minimum Gasteiger partial charge on any atom is -0.478 e. The van der Waals surface area contributed by atoms with Crippen molar-refractivity contribution >= 4 is 11.9 Å². The minimum absolute atomic E-state index is 0.0488. The Morgan fingerprint density at radius 3 is 2.29 bits per heavy atom. The van der Waals surface area contributed by atoms with Crippen LogP contribution in [0.1, 0.15) is 80.1 Å². The van der Waals surface area contributed by atoms with Gasteiger partial charge in [-0.15, -0.1) is 0 Å². The maximum atomic E-state index is 13.7. The Labute approximate surface area is 188 Å². The van der Waals surface area contributed by atoms with E-state index in [0.29, 0.717) is 35.2 Å². The van der Waals surface area contributed by atoms with E-state index < -0.39 is 5.97 Å². The first kappa shape index (κ1) is 22.6. The van der Waals surface area contributed by atoms with E-state index in [-0.39, 0.29) is 28.8 Å². The van der Waals surface area contributed by atoms with E-state index in [1.165, 1.54) is 12.8 Å². The Morgan fingerprint density at radius 2 is 1.68 bits per heavy atom. The van der Waals surface area contributed by atoms with Gasteiger partial charge in [0.05, 0.1) is 5.57 Å². The molecule has 0 radical (unpaired) electrons. The number of carbonyl (C=O) groups excluding carboxylic acids is 1. The molecule has 0 spiro atoms. The van der Waals surface area contributed by atoms with Crippen molar-refractivity contribution < 1.29 is 14.7 Å². The van der Waals surface area contributed by atoms with Crippen molar-refractivity contribution in [2.45, 2.75) is 92.2 Å². The van der Waals surface area contributed by atoms with E-state index in [4.69, 9.17) is 0 Å². The largest absolute Gasteiger partial charge is 0.478 e. The molecule has 0 aromatic carbocycles. The number of rotatable bonds is 4. The summed E-state index contributed by atoms with van der Waals surface area (Å²) >= 11 is 0. The number of hydrogen-bond acceptors (Lipinski definition) is 2. The van der Waals surface area contributed by atoms with Gasteiger partial charge in [-0.05, 0) is 101 Å². The highest BCUT2D eigenvalue weighted by atomic mass is 16.4. The van der Waals surface area contributed by atoms with Crippen LogP contribution in [0.3, 0.4) is 0 Å². The number of carboxylic acid groups (broad SMARTS) is 1. The van der Waals surface area contributed by atoms with Gasteiger partial charge in [0.15, 0.2) is 0 Å². The maximum absolute atomic E-state index is 13.7. The maximum Gasteiger partial charge on any atom is 0.335 e. The molecule has 0 saturated heterocycles. The van der Waals surface area contributed by atoms with Crippen LogP contribution in [0.25, 0.3) is 0 Å². The van der Waals surface area contributed by atoms with Gasteiger partial charge >= 0.3 is 5.97 Å². The lowest BCUT2D eigenvalue weighted by molar-refractivity contribution is -0.147. The lowest BCUT2D eigenvalue weighted by Crippen LogP contribution is -2.54. The molecule has 0 aliphatic heterocycles. The van der Waals surface area contributed by atoms with Crippen LogP contribution in [0.2, 0.25) is 0 Å². The number of allylic oxidation sites excluding steroid dienone is 2. The number of fused-ring (bicyclic) bond motifs is 5. The summed E-state index contributed by atoms with van der Waals surface area (Å²) in [5, 5.41) is 9.45. The molecule has 4 rings (SSSR count). The van der Waals surface area contributed by atoms with Crippen LogP contribution in [-0.2, 0) is 9.59 Å². The predicted molar refractivity (Wildman–Crippen MR) is 123 cm³/mol. The highest BCUT2D eigenvalue weighted by Crippen LogP contribution is 2.66. The third-order valence-corrected chi connectivity index (χ3v) is 9.76. The van der Waals surface area contributed by atoms with Crippen molar-refractivity contribution in [3.05, 3.63) is 23.8 Å². The molecule has 1 amide bonds. The summed E-state index contributed by atoms with van der Waals surface area (Å²) in [7, 11) is 0. The van der Waals surface area contributed by atoms with Crippen LogP contribution in [0.15, 0.2) is 23.8 Å². The average Bonchev–Trinajstić information content (AvgIpc) is 3.03. The molecule has 0 aromatic heterocycles. The monoisotopic (exact) mass is 427 g/mol. The lowest BCUT2D eigenvalue weighted by atomic mass is 9.46. The van der Waals surface area contributed by atoms with Gasteiger partial charge < -0.3 is 10.0 Å². The van der Waals surface area contributed by atoms with E-state index >= 15 is 0 Å². The summed E-state index contributed by atoms with van der Waals surface area (Å²) in [6, 6.07) is 0.479. The molecule has 3 fully saturated rings. The van der Waals surface area contributed by atoms with Gasteiger partial charge in [0.1, 0.15) is 0 Å². The molecule has 4 nitrogen and oxygen atoms in total. The number of carbonyl (C=O) groups is 2. The molecule has 4 heteroatoms. The zero-order chi connectivity index (χ0) is 22.7. The standard InChI is InChI=1S/C27H41NO3/c1-16(2)28(17(3)4)24(29)23-10-9-21-20-8-7-19-15-18(25(30)31)11-13-26(19,5)22(20)12-14-27(21,23)6/h11,13,15-17,19-23H,7-10,12,14H2,1-6H3,(H,30,31)/t19?,20?,21?,22?,23-,26+,27+/m1/s1. The number of amides is 1. The Kier molecular flexibility index (Phi) is 5.67. The van der Waals surface area contributed by atoms with Crippen LogP contribution in [0, 0.1) is 40.4 Å². The fourth-order valence-electron chi connectivity index (χ4n) is 8.31. The lowest BCUT2D eigenvalue weighted by Gasteiger charge is -2.58. The Balaban J connectivity index is 1.58. The second-order valence-corrected chi connectivity index (χ2v) is 11.8. The first-order valence-electron chi connectivity index (χ1n) is 12.5. The van der Waals surface area contributed by atoms with E-state index in [9.17, 15) is 14.7 Å². The van der Waals surface area contributed by atoms with Gasteiger partial charge in [-0.1, -0.05) is 32.1 Å². The summed E-state index contributed by atoms with van der Waals surface area (Å²) in [6.07, 6.45) is 12.8. The third-order valence-electron chi connectivity index (χ3n) is 9.76. The number of carboxylic acids is 1. The Hall–Kier alpha value is -1.58. The molecule has 172 valence electrons. The molecule has 0 bridgehead atoms.